The topological polar surface area (TPSA) is 61.8 Å². The molecule has 0 bridgehead atoms. The van der Waals surface area contributed by atoms with Crippen LogP contribution in [-0.2, 0) is 35.5 Å². The molecule has 0 saturated carbocycles. The Morgan fingerprint density at radius 3 is 1.12 bits per heavy atom. The molecule has 0 unspecified atom stereocenters. The lowest BCUT2D eigenvalue weighted by Crippen LogP contribution is -1.92. The lowest BCUT2D eigenvalue weighted by atomic mass is 10.0. The highest BCUT2D eigenvalue weighted by Gasteiger charge is 2.26. The first-order chi connectivity index (χ1) is 35.9. The SMILES string of the molecule is CCCCCCCCCCCCCCCCCc1c(-c2ccc(/C=C/OP=O)s2)sc2c1sc1c3sc(-c4ccc(/C=C/P(=O)(OCC)OCC)s4)c(CCCCCCCCCCCCCCCCC)c3sc21. The summed E-state index contributed by atoms with van der Waals surface area (Å²) >= 11 is 11.7. The second-order valence-corrected chi connectivity index (χ2v) is 28.5. The van der Waals surface area contributed by atoms with Crippen LogP contribution in [0.3, 0.4) is 0 Å². The Bertz CT molecular complexity index is 2560. The zero-order valence-electron chi connectivity index (χ0n) is 45.0. The van der Waals surface area contributed by atoms with E-state index in [4.69, 9.17) is 13.6 Å². The van der Waals surface area contributed by atoms with E-state index in [0.29, 0.717) is 13.2 Å². The maximum Gasteiger partial charge on any atom is 0.395 e. The molecule has 6 rings (SSSR count). The first kappa shape index (κ1) is 60.7. The van der Waals surface area contributed by atoms with Gasteiger partial charge in [-0.05, 0) is 87.1 Å². The number of aryl methyl sites for hydroxylation is 2. The van der Waals surface area contributed by atoms with Crippen LogP contribution in [-0.4, -0.2) is 13.2 Å². The Labute approximate surface area is 466 Å². The van der Waals surface area contributed by atoms with E-state index >= 15 is 0 Å². The molecule has 0 aliphatic rings. The first-order valence-electron chi connectivity index (χ1n) is 28.8. The van der Waals surface area contributed by atoms with Crippen LogP contribution in [0.1, 0.15) is 241 Å². The van der Waals surface area contributed by atoms with Crippen molar-refractivity contribution in [3.05, 3.63) is 57.2 Å². The van der Waals surface area contributed by atoms with Gasteiger partial charge in [-0.15, -0.1) is 68.0 Å². The molecule has 6 heterocycles. The van der Waals surface area contributed by atoms with Gasteiger partial charge in [-0.1, -0.05) is 194 Å². The van der Waals surface area contributed by atoms with Gasteiger partial charge in [0.05, 0.1) is 47.7 Å². The van der Waals surface area contributed by atoms with E-state index in [1.54, 1.807) is 28.5 Å². The summed E-state index contributed by atoms with van der Waals surface area (Å²) in [6.45, 7) is 9.00. The second kappa shape index (κ2) is 35.1. The third-order valence-electron chi connectivity index (χ3n) is 14.1. The molecule has 0 fully saturated rings. The van der Waals surface area contributed by atoms with E-state index in [-0.39, 0.29) is 8.69 Å². The Morgan fingerprint density at radius 1 is 0.425 bits per heavy atom. The summed E-state index contributed by atoms with van der Waals surface area (Å²) in [5.41, 5.74) is 3.05. The molecular formula is C60H88O5P2S6. The Kier molecular flexibility index (Phi) is 29.2. The third-order valence-corrected chi connectivity index (χ3v) is 24.2. The van der Waals surface area contributed by atoms with Crippen molar-refractivity contribution in [2.24, 2.45) is 0 Å². The Balaban J connectivity index is 1.16. The quantitative estimate of drug-likeness (QED) is 0.0217. The van der Waals surface area contributed by atoms with Gasteiger partial charge in [-0.2, -0.15) is 0 Å². The molecule has 0 radical (unpaired) electrons. The van der Waals surface area contributed by atoms with Crippen molar-refractivity contribution >= 4 is 125 Å². The van der Waals surface area contributed by atoms with Crippen LogP contribution in [0.15, 0.2) is 36.3 Å². The molecule has 0 amide bonds. The van der Waals surface area contributed by atoms with Gasteiger partial charge in [0.15, 0.2) is 0 Å². The van der Waals surface area contributed by atoms with Gasteiger partial charge < -0.3 is 13.6 Å². The average Bonchev–Trinajstić information content (AvgIpc) is 4.26. The number of thiophene rings is 6. The van der Waals surface area contributed by atoms with Crippen LogP contribution < -0.4 is 0 Å². The van der Waals surface area contributed by atoms with Gasteiger partial charge in [0.2, 0.25) is 0 Å². The van der Waals surface area contributed by atoms with Gasteiger partial charge in [0, 0.05) is 35.1 Å². The van der Waals surface area contributed by atoms with E-state index in [0.717, 1.165) is 22.6 Å². The molecular weight excluding hydrogens is 1060 g/mol. The summed E-state index contributed by atoms with van der Waals surface area (Å²) in [5, 5.41) is 0. The molecule has 0 spiro atoms. The summed E-state index contributed by atoms with van der Waals surface area (Å²) in [6, 6.07) is 8.87. The molecule has 73 heavy (non-hydrogen) atoms. The van der Waals surface area contributed by atoms with Gasteiger partial charge >= 0.3 is 16.3 Å². The predicted octanol–water partition coefficient (Wildman–Crippen LogP) is 25.1. The highest BCUT2D eigenvalue weighted by molar-refractivity contribution is 7.57. The average molecular weight is 1140 g/mol. The van der Waals surface area contributed by atoms with Crippen LogP contribution in [0.25, 0.3) is 59.9 Å². The molecule has 0 aliphatic heterocycles. The summed E-state index contributed by atoms with van der Waals surface area (Å²) in [6.07, 6.45) is 48.8. The van der Waals surface area contributed by atoms with Crippen LogP contribution in [0, 0.1) is 0 Å². The minimum absolute atomic E-state index is 0.330. The van der Waals surface area contributed by atoms with E-state index in [1.165, 1.54) is 258 Å². The fourth-order valence-electron chi connectivity index (χ4n) is 10.1. The zero-order valence-corrected chi connectivity index (χ0v) is 51.7. The van der Waals surface area contributed by atoms with Crippen LogP contribution >= 0.6 is 84.3 Å². The number of unbranched alkanes of at least 4 members (excludes halogenated alkanes) is 28. The number of rotatable bonds is 43. The largest absolute Gasteiger partial charge is 0.416 e. The fourth-order valence-corrected chi connectivity index (χ4v) is 20.0. The van der Waals surface area contributed by atoms with E-state index in [2.05, 4.69) is 38.1 Å². The molecule has 0 N–H and O–H groups in total. The zero-order chi connectivity index (χ0) is 51.4. The molecule has 0 aromatic carbocycles. The Hall–Kier alpha value is -1.49. The smallest absolute Gasteiger partial charge is 0.395 e. The highest BCUT2D eigenvalue weighted by Crippen LogP contribution is 2.57. The second-order valence-electron chi connectivity index (χ2n) is 20.0. The summed E-state index contributed by atoms with van der Waals surface area (Å²) in [4.78, 5) is 7.60. The van der Waals surface area contributed by atoms with Crippen LogP contribution in [0.5, 0.6) is 0 Å². The predicted molar refractivity (Wildman–Crippen MR) is 332 cm³/mol. The van der Waals surface area contributed by atoms with Crippen LogP contribution in [0.4, 0.5) is 0 Å². The molecule has 6 aromatic heterocycles. The molecule has 6 aromatic rings. The maximum absolute atomic E-state index is 13.3. The van der Waals surface area contributed by atoms with Crippen LogP contribution in [0.2, 0.25) is 0 Å². The highest BCUT2D eigenvalue weighted by atomic mass is 32.1. The van der Waals surface area contributed by atoms with Crippen molar-refractivity contribution in [1.29, 1.82) is 0 Å². The maximum atomic E-state index is 13.3. The number of hydrogen-bond donors (Lipinski definition) is 0. The van der Waals surface area contributed by atoms with Crippen molar-refractivity contribution in [3.63, 3.8) is 0 Å². The molecule has 404 valence electrons. The van der Waals surface area contributed by atoms with Gasteiger partial charge in [0.25, 0.3) is 0 Å². The van der Waals surface area contributed by atoms with Gasteiger partial charge in [-0.3, -0.25) is 4.57 Å². The lowest BCUT2D eigenvalue weighted by molar-refractivity contribution is 0.229. The Morgan fingerprint density at radius 2 is 0.767 bits per heavy atom. The summed E-state index contributed by atoms with van der Waals surface area (Å²) < 4.78 is 49.3. The standard InChI is InChI=1S/C60H88O5P2S6/c1-5-9-11-13-15-17-19-21-23-25-27-29-31-33-35-37-49-53(51-41-39-47(68-51)43-45-63-66-61)70-57-55(49)72-60-58-56(73-59(57)60)50(38-36-34-32-30-28-26-24-22-20-18-16-14-12-10-6-2)54(71-58)52-42-40-48(69-52)44-46-67(62,64-7-3)65-8-4/h39-46H,5-38H2,1-4H3/b45-43+,46-44+. The summed E-state index contributed by atoms with van der Waals surface area (Å²) in [7, 11) is -3.62. The van der Waals surface area contributed by atoms with E-state index in [1.807, 2.05) is 71.3 Å². The van der Waals surface area contributed by atoms with Crippen molar-refractivity contribution in [2.75, 3.05) is 13.2 Å². The number of fused-ring (bicyclic) bond motifs is 5. The van der Waals surface area contributed by atoms with Gasteiger partial charge in [-0.25, -0.2) is 4.57 Å². The fraction of sp³-hybridized carbons (Fsp3) is 0.633. The van der Waals surface area contributed by atoms with Gasteiger partial charge in [0.1, 0.15) is 0 Å². The van der Waals surface area contributed by atoms with Crippen molar-refractivity contribution in [3.8, 4) is 19.5 Å². The monoisotopic (exact) mass is 1140 g/mol. The van der Waals surface area contributed by atoms with E-state index in [9.17, 15) is 9.13 Å². The van der Waals surface area contributed by atoms with Crippen molar-refractivity contribution in [1.82, 2.24) is 0 Å². The normalized spacial score (nSPS) is 12.5. The molecule has 0 saturated heterocycles. The third kappa shape index (κ3) is 19.7. The number of hydrogen-bond acceptors (Lipinski definition) is 11. The minimum atomic E-state index is -3.29. The van der Waals surface area contributed by atoms with Crippen molar-refractivity contribution in [2.45, 2.75) is 233 Å². The van der Waals surface area contributed by atoms with Crippen molar-refractivity contribution < 1.29 is 22.7 Å². The molecule has 13 heteroatoms. The molecule has 5 nitrogen and oxygen atoms in total. The summed E-state index contributed by atoms with van der Waals surface area (Å²) in [5.74, 6) is 1.64. The molecule has 0 aliphatic carbocycles. The first-order valence-corrected chi connectivity index (χ1v) is 36.0. The minimum Gasteiger partial charge on any atom is -0.416 e. The van der Waals surface area contributed by atoms with E-state index < -0.39 is 7.60 Å². The lowest BCUT2D eigenvalue weighted by Gasteiger charge is -2.12. The molecule has 0 atom stereocenters.